The summed E-state index contributed by atoms with van der Waals surface area (Å²) in [4.78, 5) is 16.8. The van der Waals surface area contributed by atoms with E-state index in [4.69, 9.17) is 5.73 Å². The first-order valence-corrected chi connectivity index (χ1v) is 7.25. The minimum absolute atomic E-state index is 0.0101. The van der Waals surface area contributed by atoms with Crippen molar-refractivity contribution in [2.45, 2.75) is 18.9 Å². The van der Waals surface area contributed by atoms with Crippen molar-refractivity contribution in [2.75, 3.05) is 32.9 Å². The monoisotopic (exact) mass is 287 g/mol. The van der Waals surface area contributed by atoms with Crippen LogP contribution in [0.15, 0.2) is 18.2 Å². The number of nitrogens with zero attached hydrogens (tertiary/aromatic N) is 3. The summed E-state index contributed by atoms with van der Waals surface area (Å²) >= 11 is 0. The van der Waals surface area contributed by atoms with Crippen molar-refractivity contribution in [3.8, 4) is 0 Å². The Kier molecular flexibility index (Phi) is 3.55. The van der Waals surface area contributed by atoms with E-state index >= 15 is 0 Å². The molecule has 0 atom stereocenters. The van der Waals surface area contributed by atoms with Gasteiger partial charge in [-0.25, -0.2) is 0 Å². The van der Waals surface area contributed by atoms with E-state index in [0.717, 1.165) is 36.8 Å². The number of carbonyl (C=O) groups is 1. The van der Waals surface area contributed by atoms with E-state index < -0.39 is 0 Å². The molecule has 0 aliphatic carbocycles. The number of H-pyrrole nitrogens is 1. The molecule has 3 rings (SSSR count). The fraction of sp³-hybridized carbons (Fsp3) is 0.467. The zero-order valence-corrected chi connectivity index (χ0v) is 12.5. The van der Waals surface area contributed by atoms with Crippen LogP contribution in [0.25, 0.3) is 10.9 Å². The van der Waals surface area contributed by atoms with Crippen LogP contribution in [0.5, 0.6) is 0 Å². The zero-order valence-electron chi connectivity index (χ0n) is 12.5. The molecule has 0 bridgehead atoms. The van der Waals surface area contributed by atoms with E-state index in [0.29, 0.717) is 17.4 Å². The van der Waals surface area contributed by atoms with Gasteiger partial charge in [0.1, 0.15) is 0 Å². The lowest BCUT2D eigenvalue weighted by molar-refractivity contribution is 0.0659. The first-order valence-electron chi connectivity index (χ1n) is 7.25. The second-order valence-corrected chi connectivity index (χ2v) is 5.86. The number of fused-ring (bicyclic) bond motifs is 1. The molecule has 1 aliphatic heterocycles. The highest BCUT2D eigenvalue weighted by atomic mass is 16.2. The molecule has 0 saturated carbocycles. The molecule has 0 unspecified atom stereocenters. The molecule has 1 saturated heterocycles. The Balaban J connectivity index is 1.80. The number of nitrogens with two attached hydrogens (primary N) is 1. The van der Waals surface area contributed by atoms with E-state index in [1.807, 2.05) is 11.0 Å². The average molecular weight is 287 g/mol. The summed E-state index contributed by atoms with van der Waals surface area (Å²) in [7, 11) is 4.18. The number of piperidine rings is 1. The normalized spacial score (nSPS) is 16.8. The Morgan fingerprint density at radius 2 is 2.10 bits per heavy atom. The van der Waals surface area contributed by atoms with Gasteiger partial charge in [-0.3, -0.25) is 9.89 Å². The van der Waals surface area contributed by atoms with Gasteiger partial charge in [0.15, 0.2) is 5.69 Å². The molecule has 0 radical (unpaired) electrons. The molecule has 1 aliphatic rings. The minimum atomic E-state index is -0.0101. The summed E-state index contributed by atoms with van der Waals surface area (Å²) < 4.78 is 0. The topological polar surface area (TPSA) is 78.2 Å². The van der Waals surface area contributed by atoms with E-state index in [9.17, 15) is 4.79 Å². The van der Waals surface area contributed by atoms with Gasteiger partial charge in [0, 0.05) is 30.2 Å². The third kappa shape index (κ3) is 2.58. The number of anilines is 1. The highest BCUT2D eigenvalue weighted by Crippen LogP contribution is 2.22. The first kappa shape index (κ1) is 13.9. The van der Waals surface area contributed by atoms with Crippen molar-refractivity contribution in [2.24, 2.45) is 0 Å². The second-order valence-electron chi connectivity index (χ2n) is 5.86. The van der Waals surface area contributed by atoms with Gasteiger partial charge in [-0.15, -0.1) is 0 Å². The molecule has 21 heavy (non-hydrogen) atoms. The summed E-state index contributed by atoms with van der Waals surface area (Å²) in [6.07, 6.45) is 2.01. The maximum absolute atomic E-state index is 12.7. The average Bonchev–Trinajstić information content (AvgIpc) is 2.89. The summed E-state index contributed by atoms with van der Waals surface area (Å²) in [5.74, 6) is -0.0101. The van der Waals surface area contributed by atoms with Crippen LogP contribution in [0, 0.1) is 0 Å². The number of amides is 1. The van der Waals surface area contributed by atoms with Crippen molar-refractivity contribution < 1.29 is 4.79 Å². The SMILES string of the molecule is CN(C)C1CCN(C(=O)c2n[nH]c3ccc(N)cc23)CC1. The molecule has 1 amide bonds. The van der Waals surface area contributed by atoms with Crippen LogP contribution in [0.3, 0.4) is 0 Å². The zero-order chi connectivity index (χ0) is 15.0. The van der Waals surface area contributed by atoms with Crippen molar-refractivity contribution >= 4 is 22.5 Å². The van der Waals surface area contributed by atoms with Crippen molar-refractivity contribution in [1.82, 2.24) is 20.0 Å². The largest absolute Gasteiger partial charge is 0.399 e. The van der Waals surface area contributed by atoms with Crippen LogP contribution in [-0.4, -0.2) is 59.1 Å². The summed E-state index contributed by atoms with van der Waals surface area (Å²) in [6.45, 7) is 1.55. The maximum Gasteiger partial charge on any atom is 0.274 e. The molecule has 6 nitrogen and oxygen atoms in total. The fourth-order valence-corrected chi connectivity index (χ4v) is 2.93. The number of likely N-dealkylation sites (tertiary alicyclic amines) is 1. The smallest absolute Gasteiger partial charge is 0.274 e. The Labute approximate surface area is 123 Å². The number of aromatic amines is 1. The molecule has 1 aromatic carbocycles. The lowest BCUT2D eigenvalue weighted by atomic mass is 10.0. The highest BCUT2D eigenvalue weighted by Gasteiger charge is 2.26. The second kappa shape index (κ2) is 5.37. The molecule has 1 aromatic heterocycles. The number of hydrogen-bond donors (Lipinski definition) is 2. The van der Waals surface area contributed by atoms with Gasteiger partial charge in [0.2, 0.25) is 0 Å². The van der Waals surface area contributed by atoms with Crippen molar-refractivity contribution in [3.63, 3.8) is 0 Å². The molecule has 6 heteroatoms. The third-order valence-corrected chi connectivity index (χ3v) is 4.27. The van der Waals surface area contributed by atoms with Crippen LogP contribution in [-0.2, 0) is 0 Å². The molecule has 1 fully saturated rings. The molecule has 112 valence electrons. The Morgan fingerprint density at radius 3 is 2.76 bits per heavy atom. The van der Waals surface area contributed by atoms with E-state index in [-0.39, 0.29) is 5.91 Å². The Morgan fingerprint density at radius 1 is 1.38 bits per heavy atom. The highest BCUT2D eigenvalue weighted by molar-refractivity contribution is 6.05. The van der Waals surface area contributed by atoms with Crippen LogP contribution < -0.4 is 5.73 Å². The summed E-state index contributed by atoms with van der Waals surface area (Å²) in [5.41, 5.74) is 7.77. The number of hydrogen-bond acceptors (Lipinski definition) is 4. The van der Waals surface area contributed by atoms with Gasteiger partial charge in [0.25, 0.3) is 5.91 Å². The van der Waals surface area contributed by atoms with Gasteiger partial charge in [-0.1, -0.05) is 0 Å². The summed E-state index contributed by atoms with van der Waals surface area (Å²) in [6, 6.07) is 6.02. The predicted octanol–water partition coefficient (Wildman–Crippen LogP) is 1.31. The number of carbonyl (C=O) groups excluding carboxylic acids is 1. The lowest BCUT2D eigenvalue weighted by Crippen LogP contribution is -2.44. The standard InChI is InChI=1S/C15H21N5O/c1-19(2)11-5-7-20(8-6-11)15(21)14-12-9-10(16)3-4-13(12)17-18-14/h3-4,9,11H,5-8,16H2,1-2H3,(H,17,18). The molecule has 2 heterocycles. The van der Waals surface area contributed by atoms with E-state index in [1.54, 1.807) is 12.1 Å². The first-order chi connectivity index (χ1) is 10.1. The van der Waals surface area contributed by atoms with Gasteiger partial charge < -0.3 is 15.5 Å². The number of nitrogen functional groups attached to an aromatic ring is 1. The van der Waals surface area contributed by atoms with Crippen LogP contribution in [0.2, 0.25) is 0 Å². The number of rotatable bonds is 2. The van der Waals surface area contributed by atoms with Crippen molar-refractivity contribution in [3.05, 3.63) is 23.9 Å². The van der Waals surface area contributed by atoms with Crippen LogP contribution >= 0.6 is 0 Å². The molecule has 3 N–H and O–H groups in total. The Hall–Kier alpha value is -2.08. The number of aromatic nitrogens is 2. The van der Waals surface area contributed by atoms with Gasteiger partial charge in [0.05, 0.1) is 5.52 Å². The summed E-state index contributed by atoms with van der Waals surface area (Å²) in [5, 5.41) is 7.89. The third-order valence-electron chi connectivity index (χ3n) is 4.27. The van der Waals surface area contributed by atoms with Gasteiger partial charge >= 0.3 is 0 Å². The molecular formula is C15H21N5O. The quantitative estimate of drug-likeness (QED) is 0.816. The number of benzene rings is 1. The van der Waals surface area contributed by atoms with Crippen molar-refractivity contribution in [1.29, 1.82) is 0 Å². The number of nitrogens with one attached hydrogen (secondary N) is 1. The van der Waals surface area contributed by atoms with Crippen LogP contribution in [0.4, 0.5) is 5.69 Å². The molecule has 0 spiro atoms. The van der Waals surface area contributed by atoms with Crippen LogP contribution in [0.1, 0.15) is 23.3 Å². The predicted molar refractivity (Wildman–Crippen MR) is 83.1 cm³/mol. The maximum atomic E-state index is 12.7. The van der Waals surface area contributed by atoms with E-state index in [1.165, 1.54) is 0 Å². The van der Waals surface area contributed by atoms with Gasteiger partial charge in [-0.05, 0) is 45.1 Å². The fourth-order valence-electron chi connectivity index (χ4n) is 2.93. The van der Waals surface area contributed by atoms with E-state index in [2.05, 4.69) is 29.2 Å². The molecule has 2 aromatic rings. The lowest BCUT2D eigenvalue weighted by Gasteiger charge is -2.34. The Bertz CT molecular complexity index is 655. The minimum Gasteiger partial charge on any atom is -0.399 e. The molecular weight excluding hydrogens is 266 g/mol. The van der Waals surface area contributed by atoms with Gasteiger partial charge in [-0.2, -0.15) is 5.10 Å².